The summed E-state index contributed by atoms with van der Waals surface area (Å²) in [4.78, 5) is 15.4. The molecule has 7 nitrogen and oxygen atoms in total. The van der Waals surface area contributed by atoms with Gasteiger partial charge in [0.1, 0.15) is 5.56 Å². The largest absolute Gasteiger partial charge is 0.481 e. The summed E-state index contributed by atoms with van der Waals surface area (Å²) in [6.45, 7) is 3.79. The van der Waals surface area contributed by atoms with Gasteiger partial charge in [-0.2, -0.15) is 0 Å². The number of hydrogen-bond donors (Lipinski definition) is 1. The number of aromatic nitrogens is 3. The van der Waals surface area contributed by atoms with E-state index in [9.17, 15) is 9.90 Å². The Labute approximate surface area is 150 Å². The highest BCUT2D eigenvalue weighted by molar-refractivity contribution is 6.30. The fraction of sp³-hybridized carbons (Fsp3) is 0.529. The molecular formula is C17H20ClN3O4. The fourth-order valence-corrected chi connectivity index (χ4v) is 3.20. The van der Waals surface area contributed by atoms with Gasteiger partial charge in [-0.3, -0.25) is 4.79 Å². The Kier molecular flexibility index (Phi) is 5.22. The quantitative estimate of drug-likeness (QED) is 0.856. The number of pyridine rings is 1. The Morgan fingerprint density at radius 3 is 2.92 bits per heavy atom. The van der Waals surface area contributed by atoms with Crippen LogP contribution in [-0.2, 0) is 4.79 Å². The van der Waals surface area contributed by atoms with Crippen molar-refractivity contribution >= 4 is 17.6 Å². The van der Waals surface area contributed by atoms with Gasteiger partial charge in [0.25, 0.3) is 5.89 Å². The summed E-state index contributed by atoms with van der Waals surface area (Å²) in [5, 5.41) is 17.9. The number of hydrogen-bond acceptors (Lipinski definition) is 6. The Hall–Kier alpha value is -2.15. The van der Waals surface area contributed by atoms with E-state index in [2.05, 4.69) is 15.2 Å². The van der Waals surface area contributed by atoms with Crippen molar-refractivity contribution in [1.29, 1.82) is 0 Å². The molecule has 0 spiro atoms. The van der Waals surface area contributed by atoms with Crippen LogP contribution in [-0.4, -0.2) is 32.4 Å². The highest BCUT2D eigenvalue weighted by Gasteiger charge is 2.31. The second-order valence-corrected chi connectivity index (χ2v) is 6.95. The van der Waals surface area contributed by atoms with E-state index >= 15 is 0 Å². The highest BCUT2D eigenvalue weighted by atomic mass is 35.5. The molecule has 0 radical (unpaired) electrons. The van der Waals surface area contributed by atoms with Crippen LogP contribution in [0.4, 0.5) is 0 Å². The van der Waals surface area contributed by atoms with Crippen molar-refractivity contribution in [2.24, 2.45) is 5.92 Å². The smallest absolute Gasteiger partial charge is 0.306 e. The van der Waals surface area contributed by atoms with Crippen molar-refractivity contribution < 1.29 is 19.1 Å². The Morgan fingerprint density at radius 1 is 1.40 bits per heavy atom. The zero-order chi connectivity index (χ0) is 18.0. The second-order valence-electron chi connectivity index (χ2n) is 6.52. The topological polar surface area (TPSA) is 98.3 Å². The first-order valence-corrected chi connectivity index (χ1v) is 8.70. The molecule has 0 amide bonds. The summed E-state index contributed by atoms with van der Waals surface area (Å²) in [5.41, 5.74) is 0.533. The molecule has 0 aliphatic heterocycles. The molecule has 0 saturated heterocycles. The standard InChI is InChI=1S/C17H20ClN3O4/c1-9(2)24-15-13(7-12(18)8-19-15)16-21-20-14(25-16)10-4-3-5-11(6-10)17(22)23/h7-11H,3-6H2,1-2H3,(H,22,23)/t10-,11+/m0/s1. The third-order valence-electron chi connectivity index (χ3n) is 4.21. The lowest BCUT2D eigenvalue weighted by Gasteiger charge is -2.23. The monoisotopic (exact) mass is 365 g/mol. The van der Waals surface area contributed by atoms with Gasteiger partial charge < -0.3 is 14.3 Å². The zero-order valence-electron chi connectivity index (χ0n) is 14.1. The number of carboxylic acids is 1. The lowest BCUT2D eigenvalue weighted by molar-refractivity contribution is -0.143. The van der Waals surface area contributed by atoms with Gasteiger partial charge in [-0.05, 0) is 39.2 Å². The first-order chi connectivity index (χ1) is 11.9. The molecule has 2 aromatic rings. The van der Waals surface area contributed by atoms with Crippen molar-refractivity contribution in [3.63, 3.8) is 0 Å². The van der Waals surface area contributed by atoms with E-state index in [0.717, 1.165) is 12.8 Å². The molecule has 1 N–H and O–H groups in total. The summed E-state index contributed by atoms with van der Waals surface area (Å²) in [6.07, 6.45) is 4.31. The van der Waals surface area contributed by atoms with Gasteiger partial charge in [0.05, 0.1) is 17.0 Å². The van der Waals surface area contributed by atoms with Gasteiger partial charge in [-0.25, -0.2) is 4.98 Å². The molecule has 8 heteroatoms. The minimum absolute atomic E-state index is 0.0438. The normalized spacial score (nSPS) is 20.6. The van der Waals surface area contributed by atoms with E-state index in [4.69, 9.17) is 20.8 Å². The lowest BCUT2D eigenvalue weighted by Crippen LogP contribution is -2.21. The van der Waals surface area contributed by atoms with Crippen LogP contribution in [0.5, 0.6) is 5.88 Å². The van der Waals surface area contributed by atoms with Gasteiger partial charge in [0.15, 0.2) is 0 Å². The summed E-state index contributed by atoms with van der Waals surface area (Å²) in [7, 11) is 0. The van der Waals surface area contributed by atoms with Gasteiger partial charge in [0, 0.05) is 12.1 Å². The van der Waals surface area contributed by atoms with Crippen molar-refractivity contribution in [2.45, 2.75) is 51.6 Å². The highest BCUT2D eigenvalue weighted by Crippen LogP contribution is 2.38. The Bertz CT molecular complexity index is 762. The molecular weight excluding hydrogens is 346 g/mol. The van der Waals surface area contributed by atoms with E-state index < -0.39 is 5.97 Å². The molecule has 0 unspecified atom stereocenters. The lowest BCUT2D eigenvalue weighted by atomic mass is 9.81. The maximum Gasteiger partial charge on any atom is 0.306 e. The minimum Gasteiger partial charge on any atom is -0.481 e. The molecule has 25 heavy (non-hydrogen) atoms. The van der Waals surface area contributed by atoms with Crippen molar-refractivity contribution in [1.82, 2.24) is 15.2 Å². The number of carboxylic acid groups (broad SMARTS) is 1. The third-order valence-corrected chi connectivity index (χ3v) is 4.42. The molecule has 2 heterocycles. The molecule has 134 valence electrons. The average molecular weight is 366 g/mol. The third kappa shape index (κ3) is 4.10. The van der Waals surface area contributed by atoms with Crippen LogP contribution in [0.15, 0.2) is 16.7 Å². The maximum atomic E-state index is 11.2. The molecule has 2 aromatic heterocycles. The number of aliphatic carboxylic acids is 1. The van der Waals surface area contributed by atoms with Crippen molar-refractivity contribution in [3.05, 3.63) is 23.2 Å². The predicted molar refractivity (Wildman–Crippen MR) is 90.6 cm³/mol. The van der Waals surface area contributed by atoms with E-state index in [0.29, 0.717) is 35.2 Å². The summed E-state index contributed by atoms with van der Waals surface area (Å²) in [6, 6.07) is 1.67. The molecule has 2 atom stereocenters. The van der Waals surface area contributed by atoms with Gasteiger partial charge in [-0.15, -0.1) is 10.2 Å². The van der Waals surface area contributed by atoms with Gasteiger partial charge in [0.2, 0.25) is 11.8 Å². The summed E-state index contributed by atoms with van der Waals surface area (Å²) in [5.74, 6) is -0.0632. The summed E-state index contributed by atoms with van der Waals surface area (Å²) < 4.78 is 11.5. The molecule has 1 fully saturated rings. The molecule has 0 bridgehead atoms. The Balaban J connectivity index is 1.86. The number of halogens is 1. The second kappa shape index (κ2) is 7.39. The first-order valence-electron chi connectivity index (χ1n) is 8.32. The van der Waals surface area contributed by atoms with E-state index in [-0.39, 0.29) is 23.8 Å². The van der Waals surface area contributed by atoms with E-state index in [1.165, 1.54) is 6.20 Å². The molecule has 0 aromatic carbocycles. The van der Waals surface area contributed by atoms with E-state index in [1.807, 2.05) is 13.8 Å². The fourth-order valence-electron chi connectivity index (χ4n) is 3.04. The molecule has 1 aliphatic carbocycles. The number of rotatable bonds is 5. The van der Waals surface area contributed by atoms with Crippen LogP contribution >= 0.6 is 11.6 Å². The van der Waals surface area contributed by atoms with Gasteiger partial charge in [-0.1, -0.05) is 18.0 Å². The maximum absolute atomic E-state index is 11.2. The molecule has 3 rings (SSSR count). The van der Waals surface area contributed by atoms with Crippen LogP contribution in [0.1, 0.15) is 51.3 Å². The number of ether oxygens (including phenoxy) is 1. The average Bonchev–Trinajstić information content (AvgIpc) is 3.06. The minimum atomic E-state index is -0.768. The van der Waals surface area contributed by atoms with Crippen LogP contribution in [0.25, 0.3) is 11.5 Å². The van der Waals surface area contributed by atoms with E-state index in [1.54, 1.807) is 6.07 Å². The van der Waals surface area contributed by atoms with Gasteiger partial charge >= 0.3 is 5.97 Å². The number of nitrogens with zero attached hydrogens (tertiary/aromatic N) is 3. The van der Waals surface area contributed by atoms with Crippen LogP contribution in [0.3, 0.4) is 0 Å². The first kappa shape index (κ1) is 17.7. The predicted octanol–water partition coefficient (Wildman–Crippen LogP) is 3.93. The Morgan fingerprint density at radius 2 is 2.20 bits per heavy atom. The van der Waals surface area contributed by atoms with Crippen LogP contribution < -0.4 is 4.74 Å². The van der Waals surface area contributed by atoms with Crippen molar-refractivity contribution in [3.8, 4) is 17.3 Å². The molecule has 1 saturated carbocycles. The number of carbonyl (C=O) groups is 1. The van der Waals surface area contributed by atoms with Crippen LogP contribution in [0, 0.1) is 5.92 Å². The van der Waals surface area contributed by atoms with Crippen LogP contribution in [0.2, 0.25) is 5.02 Å². The van der Waals surface area contributed by atoms with Crippen molar-refractivity contribution in [2.75, 3.05) is 0 Å². The molecule has 1 aliphatic rings. The zero-order valence-corrected chi connectivity index (χ0v) is 14.9. The summed E-state index contributed by atoms with van der Waals surface area (Å²) >= 11 is 6.04. The SMILES string of the molecule is CC(C)Oc1ncc(Cl)cc1-c1nnc([C@H]2CCC[C@@H](C(=O)O)C2)o1.